The molecule has 0 radical (unpaired) electrons. The van der Waals surface area contributed by atoms with Gasteiger partial charge >= 0.3 is 0 Å². The summed E-state index contributed by atoms with van der Waals surface area (Å²) in [5, 5.41) is 9.71. The van der Waals surface area contributed by atoms with E-state index in [0.29, 0.717) is 5.95 Å². The second-order valence-electron chi connectivity index (χ2n) is 6.00. The molecule has 0 unspecified atom stereocenters. The Morgan fingerprint density at radius 1 is 1.04 bits per heavy atom. The zero-order valence-electron chi connectivity index (χ0n) is 14.2. The van der Waals surface area contributed by atoms with Crippen molar-refractivity contribution in [3.05, 3.63) is 54.1 Å². The lowest BCUT2D eigenvalue weighted by Crippen LogP contribution is -2.23. The number of aromatic nitrogens is 4. The lowest BCUT2D eigenvalue weighted by molar-refractivity contribution is 0.414. The fraction of sp³-hybridized carbons (Fsp3) is 0.211. The number of nitrogens with one attached hydrogen (secondary N) is 1. The minimum absolute atomic E-state index is 0.618. The summed E-state index contributed by atoms with van der Waals surface area (Å²) in [4.78, 5) is 9.95. The second kappa shape index (κ2) is 6.39. The molecule has 0 saturated carbocycles. The Morgan fingerprint density at radius 3 is 2.64 bits per heavy atom. The number of rotatable bonds is 5. The van der Waals surface area contributed by atoms with Gasteiger partial charge in [0, 0.05) is 24.5 Å². The monoisotopic (exact) mass is 333 g/mol. The van der Waals surface area contributed by atoms with Crippen LogP contribution in [0.5, 0.6) is 5.75 Å². The van der Waals surface area contributed by atoms with Crippen LogP contribution in [0.25, 0.3) is 22.1 Å². The summed E-state index contributed by atoms with van der Waals surface area (Å²) in [6, 6.07) is 16.1. The fourth-order valence-corrected chi connectivity index (χ4v) is 2.86. The van der Waals surface area contributed by atoms with Crippen molar-refractivity contribution in [3.63, 3.8) is 0 Å². The largest absolute Gasteiger partial charge is 0.497 e. The fourth-order valence-electron chi connectivity index (χ4n) is 2.86. The molecule has 25 heavy (non-hydrogen) atoms. The second-order valence-corrected chi connectivity index (χ2v) is 6.00. The average molecular weight is 333 g/mol. The number of para-hydroxylation sites is 1. The van der Waals surface area contributed by atoms with Gasteiger partial charge in [-0.1, -0.05) is 30.3 Å². The van der Waals surface area contributed by atoms with Crippen LogP contribution < -0.4 is 9.64 Å². The summed E-state index contributed by atoms with van der Waals surface area (Å²) in [5.41, 5.74) is 3.84. The van der Waals surface area contributed by atoms with E-state index in [1.807, 2.05) is 48.3 Å². The van der Waals surface area contributed by atoms with E-state index in [4.69, 9.17) is 4.74 Å². The average Bonchev–Trinajstić information content (AvgIpc) is 3.04. The van der Waals surface area contributed by atoms with Crippen LogP contribution in [-0.4, -0.2) is 40.9 Å². The zero-order chi connectivity index (χ0) is 17.2. The maximum Gasteiger partial charge on any atom is 0.247 e. The first-order chi connectivity index (χ1) is 12.2. The molecule has 0 bridgehead atoms. The van der Waals surface area contributed by atoms with Crippen LogP contribution in [0.1, 0.15) is 5.56 Å². The van der Waals surface area contributed by atoms with Crippen molar-refractivity contribution in [2.24, 2.45) is 0 Å². The molecule has 2 aromatic heterocycles. The molecule has 6 heteroatoms. The Hall–Kier alpha value is -3.15. The van der Waals surface area contributed by atoms with Crippen molar-refractivity contribution in [2.75, 3.05) is 25.6 Å². The number of ether oxygens (including phenoxy) is 1. The highest BCUT2D eigenvalue weighted by atomic mass is 16.5. The van der Waals surface area contributed by atoms with Gasteiger partial charge < -0.3 is 14.6 Å². The molecule has 4 rings (SSSR count). The molecule has 0 atom stereocenters. The van der Waals surface area contributed by atoms with E-state index >= 15 is 0 Å². The number of hydrogen-bond acceptors (Lipinski definition) is 5. The molecule has 1 N–H and O–H groups in total. The number of anilines is 1. The van der Waals surface area contributed by atoms with Crippen LogP contribution in [0.4, 0.5) is 5.95 Å². The summed E-state index contributed by atoms with van der Waals surface area (Å²) in [6.45, 7) is 0.805. The molecular formula is C19H19N5O. The molecule has 4 aromatic rings. The van der Waals surface area contributed by atoms with E-state index in [-0.39, 0.29) is 0 Å². The van der Waals surface area contributed by atoms with Crippen LogP contribution in [0.3, 0.4) is 0 Å². The van der Waals surface area contributed by atoms with Crippen LogP contribution >= 0.6 is 0 Å². The summed E-state index contributed by atoms with van der Waals surface area (Å²) >= 11 is 0. The van der Waals surface area contributed by atoms with Crippen molar-refractivity contribution in [1.29, 1.82) is 0 Å². The zero-order valence-corrected chi connectivity index (χ0v) is 14.2. The number of nitrogens with zero attached hydrogens (tertiary/aromatic N) is 4. The van der Waals surface area contributed by atoms with Gasteiger partial charge in [-0.15, -0.1) is 10.2 Å². The highest BCUT2D eigenvalue weighted by Gasteiger charge is 2.11. The number of likely N-dealkylation sites (N-methyl/N-ethyl adjacent to an activating group) is 1. The van der Waals surface area contributed by atoms with Gasteiger partial charge in [0.2, 0.25) is 5.95 Å². The van der Waals surface area contributed by atoms with E-state index in [1.165, 1.54) is 5.56 Å². The van der Waals surface area contributed by atoms with Crippen molar-refractivity contribution in [2.45, 2.75) is 6.42 Å². The van der Waals surface area contributed by atoms with Crippen LogP contribution in [0, 0.1) is 0 Å². The van der Waals surface area contributed by atoms with E-state index in [2.05, 4.69) is 32.3 Å². The summed E-state index contributed by atoms with van der Waals surface area (Å²) < 4.78 is 5.19. The highest BCUT2D eigenvalue weighted by molar-refractivity contribution is 6.03. The molecule has 6 nitrogen and oxygen atoms in total. The third-order valence-corrected chi connectivity index (χ3v) is 4.35. The summed E-state index contributed by atoms with van der Waals surface area (Å²) in [6.07, 6.45) is 0.897. The predicted octanol–water partition coefficient (Wildman–Crippen LogP) is 3.19. The third-order valence-electron chi connectivity index (χ3n) is 4.35. The van der Waals surface area contributed by atoms with Gasteiger partial charge in [-0.25, -0.2) is 0 Å². The van der Waals surface area contributed by atoms with E-state index < -0.39 is 0 Å². The first kappa shape index (κ1) is 15.4. The van der Waals surface area contributed by atoms with Crippen molar-refractivity contribution in [3.8, 4) is 5.75 Å². The number of methoxy groups -OCH3 is 1. The molecule has 0 saturated heterocycles. The van der Waals surface area contributed by atoms with E-state index in [1.54, 1.807) is 7.11 Å². The predicted molar refractivity (Wildman–Crippen MR) is 99.2 cm³/mol. The Morgan fingerprint density at radius 2 is 1.84 bits per heavy atom. The maximum atomic E-state index is 5.19. The smallest absolute Gasteiger partial charge is 0.247 e. The Kier molecular flexibility index (Phi) is 3.93. The molecule has 126 valence electrons. The van der Waals surface area contributed by atoms with Gasteiger partial charge in [-0.05, 0) is 30.2 Å². The molecule has 2 heterocycles. The normalized spacial score (nSPS) is 11.1. The number of benzene rings is 2. The van der Waals surface area contributed by atoms with E-state index in [9.17, 15) is 0 Å². The van der Waals surface area contributed by atoms with Gasteiger partial charge in [0.15, 0.2) is 5.65 Å². The molecule has 0 aliphatic heterocycles. The van der Waals surface area contributed by atoms with Crippen LogP contribution in [-0.2, 0) is 6.42 Å². The van der Waals surface area contributed by atoms with Gasteiger partial charge in [-0.2, -0.15) is 4.98 Å². The summed E-state index contributed by atoms with van der Waals surface area (Å²) in [5.74, 6) is 1.49. The van der Waals surface area contributed by atoms with Gasteiger partial charge in [0.1, 0.15) is 11.3 Å². The molecule has 2 aromatic carbocycles. The van der Waals surface area contributed by atoms with Crippen molar-refractivity contribution >= 4 is 28.0 Å². The quantitative estimate of drug-likeness (QED) is 0.607. The topological polar surface area (TPSA) is 66.9 Å². The Bertz CT molecular complexity index is 1010. The third kappa shape index (κ3) is 2.98. The number of aromatic amines is 1. The summed E-state index contributed by atoms with van der Waals surface area (Å²) in [7, 11) is 3.66. The van der Waals surface area contributed by atoms with Crippen LogP contribution in [0.15, 0.2) is 48.5 Å². The van der Waals surface area contributed by atoms with Crippen molar-refractivity contribution in [1.82, 2.24) is 20.2 Å². The van der Waals surface area contributed by atoms with Crippen LogP contribution in [0.2, 0.25) is 0 Å². The Labute approximate surface area is 145 Å². The number of hydrogen-bond donors (Lipinski definition) is 1. The number of H-pyrrole nitrogens is 1. The van der Waals surface area contributed by atoms with Gasteiger partial charge in [0.05, 0.1) is 7.11 Å². The standard InChI is InChI=1S/C19H19N5O/c1-24(12-11-13-7-9-14(25-2)10-8-13)19-21-18-17(22-23-19)15-5-3-4-6-16(15)20-18/h3-10H,11-12H2,1-2H3,(H,20,21,23). The molecule has 0 amide bonds. The van der Waals surface area contributed by atoms with Crippen molar-refractivity contribution < 1.29 is 4.74 Å². The SMILES string of the molecule is COc1ccc(CCN(C)c2nnc3c(n2)[nH]c2ccccc23)cc1. The minimum Gasteiger partial charge on any atom is -0.497 e. The molecular weight excluding hydrogens is 314 g/mol. The first-order valence-corrected chi connectivity index (χ1v) is 8.20. The molecule has 0 aliphatic carbocycles. The Balaban J connectivity index is 1.52. The molecule has 0 fully saturated rings. The lowest BCUT2D eigenvalue weighted by atomic mass is 10.1. The maximum absolute atomic E-state index is 5.19. The molecule has 0 spiro atoms. The van der Waals surface area contributed by atoms with Gasteiger partial charge in [-0.3, -0.25) is 0 Å². The molecule has 0 aliphatic rings. The number of fused-ring (bicyclic) bond motifs is 3. The first-order valence-electron chi connectivity index (χ1n) is 8.20. The van der Waals surface area contributed by atoms with Gasteiger partial charge in [0.25, 0.3) is 0 Å². The highest BCUT2D eigenvalue weighted by Crippen LogP contribution is 2.22. The van der Waals surface area contributed by atoms with E-state index in [0.717, 1.165) is 40.8 Å². The minimum atomic E-state index is 0.618. The lowest BCUT2D eigenvalue weighted by Gasteiger charge is -2.16.